The number of carbonyl (C=O) groups is 2. The first-order valence-electron chi connectivity index (χ1n) is 11.2. The summed E-state index contributed by atoms with van der Waals surface area (Å²) in [5.41, 5.74) is 0.291. The van der Waals surface area contributed by atoms with Crippen LogP contribution in [0, 0.1) is 17.6 Å². The van der Waals surface area contributed by atoms with Crippen molar-refractivity contribution in [2.75, 3.05) is 62.7 Å². The summed E-state index contributed by atoms with van der Waals surface area (Å²) in [6.07, 6.45) is 2.91. The van der Waals surface area contributed by atoms with Crippen LogP contribution in [0.4, 0.5) is 20.2 Å². The number of likely N-dealkylation sites (N-methyl/N-ethyl adjacent to an activating group) is 1. The molecule has 0 saturated carbocycles. The summed E-state index contributed by atoms with van der Waals surface area (Å²) in [6.45, 7) is 5.95. The molecule has 3 fully saturated rings. The zero-order valence-corrected chi connectivity index (χ0v) is 18.0. The molecule has 1 unspecified atom stereocenters. The molecule has 0 aromatic heterocycles. The fourth-order valence-electron chi connectivity index (χ4n) is 4.87. The predicted molar refractivity (Wildman–Crippen MR) is 115 cm³/mol. The van der Waals surface area contributed by atoms with Gasteiger partial charge in [-0.2, -0.15) is 0 Å². The lowest BCUT2D eigenvalue weighted by molar-refractivity contribution is -0.134. The molecule has 1 aromatic carbocycles. The molecule has 170 valence electrons. The van der Waals surface area contributed by atoms with Crippen LogP contribution < -0.4 is 20.4 Å². The highest BCUT2D eigenvalue weighted by Crippen LogP contribution is 2.31. The summed E-state index contributed by atoms with van der Waals surface area (Å²) in [4.78, 5) is 29.2. The van der Waals surface area contributed by atoms with Gasteiger partial charge in [0.25, 0.3) is 0 Å². The van der Waals surface area contributed by atoms with Crippen molar-refractivity contribution in [2.45, 2.75) is 31.7 Å². The third-order valence-corrected chi connectivity index (χ3v) is 6.75. The monoisotopic (exact) mass is 435 g/mol. The topological polar surface area (TPSA) is 67.9 Å². The molecular formula is C22H31F2N5O2. The highest BCUT2D eigenvalue weighted by molar-refractivity contribution is 6.01. The minimum atomic E-state index is -0.624. The molecule has 0 radical (unpaired) electrons. The number of piperidine rings is 2. The van der Waals surface area contributed by atoms with E-state index in [-0.39, 0.29) is 23.7 Å². The molecule has 3 aliphatic rings. The highest BCUT2D eigenvalue weighted by atomic mass is 19.1. The molecular weight excluding hydrogens is 404 g/mol. The molecule has 3 aliphatic heterocycles. The molecule has 7 nitrogen and oxygen atoms in total. The van der Waals surface area contributed by atoms with Crippen LogP contribution in [-0.2, 0) is 9.59 Å². The van der Waals surface area contributed by atoms with Crippen molar-refractivity contribution in [1.29, 1.82) is 0 Å². The molecule has 2 N–H and O–H groups in total. The first-order chi connectivity index (χ1) is 14.9. The highest BCUT2D eigenvalue weighted by Gasteiger charge is 2.31. The number of halogens is 2. The van der Waals surface area contributed by atoms with Gasteiger partial charge in [-0.25, -0.2) is 8.78 Å². The van der Waals surface area contributed by atoms with E-state index in [9.17, 15) is 18.4 Å². The second kappa shape index (κ2) is 9.48. The van der Waals surface area contributed by atoms with Gasteiger partial charge in [0.1, 0.15) is 11.7 Å². The second-order valence-electron chi connectivity index (χ2n) is 8.82. The van der Waals surface area contributed by atoms with Crippen molar-refractivity contribution in [1.82, 2.24) is 15.5 Å². The molecule has 1 aromatic rings. The van der Waals surface area contributed by atoms with E-state index < -0.39 is 23.6 Å². The van der Waals surface area contributed by atoms with Crippen molar-refractivity contribution in [3.63, 3.8) is 0 Å². The van der Waals surface area contributed by atoms with E-state index in [1.165, 1.54) is 29.9 Å². The van der Waals surface area contributed by atoms with Gasteiger partial charge in [0.05, 0.1) is 0 Å². The van der Waals surface area contributed by atoms with E-state index in [0.29, 0.717) is 25.4 Å². The lowest BCUT2D eigenvalue weighted by Crippen LogP contribution is -2.51. The van der Waals surface area contributed by atoms with E-state index in [2.05, 4.69) is 15.5 Å². The number of anilines is 2. The number of amides is 2. The minimum absolute atomic E-state index is 0.00180. The van der Waals surface area contributed by atoms with Crippen LogP contribution in [-0.4, -0.2) is 75.6 Å². The number of hydrogen-bond donors (Lipinski definition) is 2. The smallest absolute Gasteiger partial charge is 0.249 e. The third kappa shape index (κ3) is 4.98. The largest absolute Gasteiger partial charge is 0.364 e. The van der Waals surface area contributed by atoms with E-state index in [1.807, 2.05) is 0 Å². The van der Waals surface area contributed by atoms with Crippen LogP contribution in [0.15, 0.2) is 12.1 Å². The van der Waals surface area contributed by atoms with Crippen molar-refractivity contribution in [3.8, 4) is 0 Å². The van der Waals surface area contributed by atoms with Crippen LogP contribution in [0.2, 0.25) is 0 Å². The van der Waals surface area contributed by atoms with Gasteiger partial charge >= 0.3 is 0 Å². The number of rotatable bonds is 5. The van der Waals surface area contributed by atoms with Crippen molar-refractivity contribution in [3.05, 3.63) is 23.8 Å². The summed E-state index contributed by atoms with van der Waals surface area (Å²) >= 11 is 0. The van der Waals surface area contributed by atoms with Crippen LogP contribution in [0.3, 0.4) is 0 Å². The van der Waals surface area contributed by atoms with Gasteiger partial charge in [0.15, 0.2) is 11.6 Å². The van der Waals surface area contributed by atoms with E-state index in [4.69, 9.17) is 0 Å². The Kier molecular flexibility index (Phi) is 6.71. The Morgan fingerprint density at radius 2 is 1.68 bits per heavy atom. The Hall–Kier alpha value is -2.26. The lowest BCUT2D eigenvalue weighted by Gasteiger charge is -2.38. The van der Waals surface area contributed by atoms with Gasteiger partial charge in [0.2, 0.25) is 11.8 Å². The quantitative estimate of drug-likeness (QED) is 0.681. The lowest BCUT2D eigenvalue weighted by atomic mass is 9.97. The third-order valence-electron chi connectivity index (χ3n) is 6.75. The fourth-order valence-corrected chi connectivity index (χ4v) is 4.87. The maximum atomic E-state index is 15.0. The van der Waals surface area contributed by atoms with E-state index >= 15 is 0 Å². The Labute approximate surface area is 181 Å². The Bertz CT molecular complexity index is 799. The molecule has 0 aliphatic carbocycles. The Morgan fingerprint density at radius 3 is 2.29 bits per heavy atom. The van der Waals surface area contributed by atoms with Crippen molar-refractivity contribution >= 4 is 23.2 Å². The number of hydrogen-bond acceptors (Lipinski definition) is 6. The van der Waals surface area contributed by atoms with Crippen LogP contribution in [0.1, 0.15) is 25.7 Å². The molecule has 1 atom stereocenters. The molecule has 0 spiro atoms. The molecule has 4 rings (SSSR count). The first kappa shape index (κ1) is 22.0. The first-order valence-corrected chi connectivity index (χ1v) is 11.2. The maximum absolute atomic E-state index is 15.0. The number of carbonyl (C=O) groups excluding carboxylic acids is 2. The zero-order valence-electron chi connectivity index (χ0n) is 18.0. The Morgan fingerprint density at radius 1 is 1.03 bits per heavy atom. The van der Waals surface area contributed by atoms with Crippen molar-refractivity contribution in [2.24, 2.45) is 5.92 Å². The number of nitrogens with zero attached hydrogens (tertiary/aromatic N) is 3. The molecule has 3 heterocycles. The SMILES string of the molecule is CN(c1cc(F)c(N2CCN(CC3CCNCC3)CC2)c(F)c1)C1CCC(=O)NC1=O. The van der Waals surface area contributed by atoms with Gasteiger partial charge in [-0.3, -0.25) is 19.8 Å². The summed E-state index contributed by atoms with van der Waals surface area (Å²) < 4.78 is 29.9. The molecule has 9 heteroatoms. The Balaban J connectivity index is 1.39. The molecule has 0 bridgehead atoms. The normalized spacial score (nSPS) is 23.7. The average Bonchev–Trinajstić information content (AvgIpc) is 2.75. The van der Waals surface area contributed by atoms with Gasteiger partial charge in [-0.05, 0) is 50.4 Å². The fraction of sp³-hybridized carbons (Fsp3) is 0.636. The summed E-state index contributed by atoms with van der Waals surface area (Å²) in [5.74, 6) is -1.31. The van der Waals surface area contributed by atoms with Gasteiger partial charge in [-0.1, -0.05) is 0 Å². The number of nitrogens with one attached hydrogen (secondary N) is 2. The zero-order chi connectivity index (χ0) is 22.0. The van der Waals surface area contributed by atoms with Crippen LogP contribution in [0.5, 0.6) is 0 Å². The molecule has 31 heavy (non-hydrogen) atoms. The van der Waals surface area contributed by atoms with E-state index in [1.54, 1.807) is 11.9 Å². The van der Waals surface area contributed by atoms with Gasteiger partial charge < -0.3 is 15.1 Å². The second-order valence-corrected chi connectivity index (χ2v) is 8.82. The summed E-state index contributed by atoms with van der Waals surface area (Å²) in [7, 11) is 1.62. The number of benzene rings is 1. The summed E-state index contributed by atoms with van der Waals surface area (Å²) in [5, 5.41) is 5.66. The van der Waals surface area contributed by atoms with Crippen LogP contribution in [0.25, 0.3) is 0 Å². The van der Waals surface area contributed by atoms with Gasteiger partial charge in [0, 0.05) is 51.9 Å². The average molecular weight is 436 g/mol. The number of piperazine rings is 1. The van der Waals surface area contributed by atoms with Crippen LogP contribution >= 0.6 is 0 Å². The van der Waals surface area contributed by atoms with Gasteiger partial charge in [-0.15, -0.1) is 0 Å². The summed E-state index contributed by atoms with van der Waals surface area (Å²) in [6, 6.07) is 1.94. The molecule has 2 amide bonds. The minimum Gasteiger partial charge on any atom is -0.364 e. The predicted octanol–water partition coefficient (Wildman–Crippen LogP) is 1.33. The maximum Gasteiger partial charge on any atom is 0.249 e. The standard InChI is InChI=1S/C22H31F2N5O2/c1-27(19-2-3-20(30)26-22(19)31)16-12-17(23)21(18(24)13-16)29-10-8-28(9-11-29)14-15-4-6-25-7-5-15/h12-13,15,19,25H,2-11,14H2,1H3,(H,26,30,31). The van der Waals surface area contributed by atoms with Crippen molar-refractivity contribution < 1.29 is 18.4 Å². The number of imide groups is 1. The van der Waals surface area contributed by atoms with E-state index in [0.717, 1.165) is 32.7 Å². The molecule has 3 saturated heterocycles.